The summed E-state index contributed by atoms with van der Waals surface area (Å²) < 4.78 is 0. The third-order valence-electron chi connectivity index (χ3n) is 3.45. The third-order valence-corrected chi connectivity index (χ3v) is 3.69. The van der Waals surface area contributed by atoms with E-state index >= 15 is 0 Å². The molecule has 0 saturated heterocycles. The summed E-state index contributed by atoms with van der Waals surface area (Å²) in [4.78, 5) is 22.5. The molecule has 0 aliphatic heterocycles. The molecule has 1 aromatic heterocycles. The summed E-state index contributed by atoms with van der Waals surface area (Å²) in [5.74, 6) is -0.193. The van der Waals surface area contributed by atoms with Crippen molar-refractivity contribution < 1.29 is 4.79 Å². The molecule has 0 unspecified atom stereocenters. The summed E-state index contributed by atoms with van der Waals surface area (Å²) in [6.45, 7) is 0. The molecule has 3 rings (SSSR count). The lowest BCUT2D eigenvalue weighted by molar-refractivity contribution is 0.0988. The maximum atomic E-state index is 12.6. The predicted octanol–water partition coefficient (Wildman–Crippen LogP) is 4.07. The van der Waals surface area contributed by atoms with E-state index in [4.69, 9.17) is 11.6 Å². The quantitative estimate of drug-likeness (QED) is 0.729. The zero-order chi connectivity index (χ0) is 16.2. The number of benzene rings is 2. The lowest BCUT2D eigenvalue weighted by atomic mass is 10.1. The van der Waals surface area contributed by atoms with Gasteiger partial charge in [-0.3, -0.25) is 4.79 Å². The third kappa shape index (κ3) is 3.38. The van der Waals surface area contributed by atoms with Gasteiger partial charge in [-0.2, -0.15) is 0 Å². The first-order valence-electron chi connectivity index (χ1n) is 7.06. The van der Waals surface area contributed by atoms with Crippen molar-refractivity contribution in [3.05, 3.63) is 77.7 Å². The Morgan fingerprint density at radius 1 is 1.00 bits per heavy atom. The highest BCUT2D eigenvalue weighted by molar-refractivity contribution is 6.30. The number of carbonyl (C=O) groups excluding carboxylic acids is 1. The maximum Gasteiger partial charge on any atom is 0.276 e. The van der Waals surface area contributed by atoms with Crippen LogP contribution in [0.4, 0.5) is 5.69 Å². The van der Waals surface area contributed by atoms with Crippen molar-refractivity contribution in [2.45, 2.75) is 0 Å². The van der Waals surface area contributed by atoms with Crippen molar-refractivity contribution in [3.8, 4) is 11.3 Å². The van der Waals surface area contributed by atoms with E-state index in [2.05, 4.69) is 9.97 Å². The van der Waals surface area contributed by atoms with E-state index in [9.17, 15) is 4.79 Å². The molecule has 0 aliphatic rings. The van der Waals surface area contributed by atoms with E-state index in [0.717, 1.165) is 11.3 Å². The van der Waals surface area contributed by atoms with E-state index in [0.29, 0.717) is 16.4 Å². The van der Waals surface area contributed by atoms with E-state index in [1.54, 1.807) is 30.1 Å². The second-order valence-electron chi connectivity index (χ2n) is 5.00. The fourth-order valence-corrected chi connectivity index (χ4v) is 2.41. The summed E-state index contributed by atoms with van der Waals surface area (Å²) >= 11 is 6.01. The van der Waals surface area contributed by atoms with Crippen molar-refractivity contribution >= 4 is 23.2 Å². The number of amides is 1. The van der Waals surface area contributed by atoms with Crippen LogP contribution < -0.4 is 4.90 Å². The molecular weight excluding hydrogens is 310 g/mol. The van der Waals surface area contributed by atoms with Gasteiger partial charge in [0.15, 0.2) is 0 Å². The van der Waals surface area contributed by atoms with Gasteiger partial charge in [0.25, 0.3) is 5.91 Å². The molecule has 0 N–H and O–H groups in total. The van der Waals surface area contributed by atoms with Crippen molar-refractivity contribution in [2.24, 2.45) is 0 Å². The van der Waals surface area contributed by atoms with Crippen molar-refractivity contribution in [3.63, 3.8) is 0 Å². The van der Waals surface area contributed by atoms with Gasteiger partial charge in [-0.15, -0.1) is 0 Å². The van der Waals surface area contributed by atoms with Crippen molar-refractivity contribution in [1.82, 2.24) is 9.97 Å². The molecule has 2 aromatic carbocycles. The Bertz CT molecular complexity index is 836. The molecule has 0 saturated carbocycles. The van der Waals surface area contributed by atoms with E-state index in [-0.39, 0.29) is 5.91 Å². The van der Waals surface area contributed by atoms with Crippen molar-refractivity contribution in [2.75, 3.05) is 11.9 Å². The summed E-state index contributed by atoms with van der Waals surface area (Å²) in [5, 5.41) is 0.621. The van der Waals surface area contributed by atoms with Gasteiger partial charge < -0.3 is 4.90 Å². The second kappa shape index (κ2) is 6.58. The molecule has 0 aliphatic carbocycles. The Labute approximate surface area is 139 Å². The van der Waals surface area contributed by atoms with Crippen LogP contribution in [0.5, 0.6) is 0 Å². The van der Waals surface area contributed by atoms with Gasteiger partial charge in [0.2, 0.25) is 0 Å². The highest BCUT2D eigenvalue weighted by Crippen LogP contribution is 2.22. The lowest BCUT2D eigenvalue weighted by Crippen LogP contribution is -2.27. The summed E-state index contributed by atoms with van der Waals surface area (Å²) in [5.41, 5.74) is 2.64. The number of aromatic nitrogens is 2. The van der Waals surface area contributed by atoms with Gasteiger partial charge >= 0.3 is 0 Å². The molecule has 4 nitrogen and oxygen atoms in total. The molecule has 23 heavy (non-hydrogen) atoms. The normalized spacial score (nSPS) is 10.3. The lowest BCUT2D eigenvalue weighted by Gasteiger charge is -2.16. The molecule has 0 fully saturated rings. The van der Waals surface area contributed by atoms with Crippen molar-refractivity contribution in [1.29, 1.82) is 0 Å². The fourth-order valence-electron chi connectivity index (χ4n) is 2.22. The minimum Gasteiger partial charge on any atom is -0.310 e. The minimum atomic E-state index is -0.193. The van der Waals surface area contributed by atoms with Crippen LogP contribution in [0.1, 0.15) is 10.5 Å². The summed E-state index contributed by atoms with van der Waals surface area (Å²) in [7, 11) is 1.72. The van der Waals surface area contributed by atoms with Crippen LogP contribution in [0.25, 0.3) is 11.3 Å². The first kappa shape index (κ1) is 15.2. The second-order valence-corrected chi connectivity index (χ2v) is 5.43. The standard InChI is InChI=1S/C18H14ClN3O/c1-22(15-8-3-2-4-9-15)18(23)17-11-16(20-12-21-17)13-6-5-7-14(19)10-13/h2-12H,1H3. The van der Waals surface area contributed by atoms with Crippen LogP contribution in [0.15, 0.2) is 67.0 Å². The highest BCUT2D eigenvalue weighted by Gasteiger charge is 2.16. The van der Waals surface area contributed by atoms with Gasteiger partial charge in [-0.05, 0) is 30.3 Å². The average Bonchev–Trinajstić information content (AvgIpc) is 2.61. The number of carbonyl (C=O) groups is 1. The largest absolute Gasteiger partial charge is 0.310 e. The monoisotopic (exact) mass is 323 g/mol. The minimum absolute atomic E-state index is 0.193. The molecule has 0 spiro atoms. The van der Waals surface area contributed by atoms with E-state index in [1.807, 2.05) is 42.5 Å². The Kier molecular flexibility index (Phi) is 4.35. The zero-order valence-electron chi connectivity index (χ0n) is 12.5. The molecule has 0 radical (unpaired) electrons. The van der Waals surface area contributed by atoms with Gasteiger partial charge in [0, 0.05) is 23.3 Å². The van der Waals surface area contributed by atoms with Crippen LogP contribution in [0.2, 0.25) is 5.02 Å². The molecule has 1 heterocycles. The smallest absolute Gasteiger partial charge is 0.276 e. The highest BCUT2D eigenvalue weighted by atomic mass is 35.5. The first-order chi connectivity index (χ1) is 11.1. The number of hydrogen-bond donors (Lipinski definition) is 0. The number of para-hydroxylation sites is 1. The summed E-state index contributed by atoms with van der Waals surface area (Å²) in [6.07, 6.45) is 1.39. The number of rotatable bonds is 3. The van der Waals surface area contributed by atoms with E-state index in [1.165, 1.54) is 6.33 Å². The van der Waals surface area contributed by atoms with Crippen LogP contribution in [-0.4, -0.2) is 22.9 Å². The molecular formula is C18H14ClN3O. The SMILES string of the molecule is CN(C(=O)c1cc(-c2cccc(Cl)c2)ncn1)c1ccccc1. The fraction of sp³-hybridized carbons (Fsp3) is 0.0556. The average molecular weight is 324 g/mol. The Balaban J connectivity index is 1.92. The molecule has 114 valence electrons. The zero-order valence-corrected chi connectivity index (χ0v) is 13.2. The van der Waals surface area contributed by atoms with Gasteiger partial charge in [0.1, 0.15) is 12.0 Å². The Morgan fingerprint density at radius 3 is 2.52 bits per heavy atom. The first-order valence-corrected chi connectivity index (χ1v) is 7.44. The topological polar surface area (TPSA) is 46.1 Å². The number of nitrogens with zero attached hydrogens (tertiary/aromatic N) is 3. The maximum absolute atomic E-state index is 12.6. The number of halogens is 1. The van der Waals surface area contributed by atoms with Crippen LogP contribution in [0.3, 0.4) is 0 Å². The van der Waals surface area contributed by atoms with Crippen LogP contribution >= 0.6 is 11.6 Å². The molecule has 1 amide bonds. The Morgan fingerprint density at radius 2 is 1.78 bits per heavy atom. The summed E-state index contributed by atoms with van der Waals surface area (Å²) in [6, 6.07) is 18.4. The van der Waals surface area contributed by atoms with Gasteiger partial charge in [-0.25, -0.2) is 9.97 Å². The predicted molar refractivity (Wildman–Crippen MR) is 91.7 cm³/mol. The molecule has 3 aromatic rings. The van der Waals surface area contributed by atoms with Crippen LogP contribution in [0, 0.1) is 0 Å². The molecule has 0 atom stereocenters. The van der Waals surface area contributed by atoms with Gasteiger partial charge in [-0.1, -0.05) is 41.9 Å². The molecule has 5 heteroatoms. The molecule has 0 bridgehead atoms. The Hall–Kier alpha value is -2.72. The number of anilines is 1. The van der Waals surface area contributed by atoms with Crippen LogP contribution in [-0.2, 0) is 0 Å². The van der Waals surface area contributed by atoms with E-state index < -0.39 is 0 Å². The number of hydrogen-bond acceptors (Lipinski definition) is 3. The van der Waals surface area contributed by atoms with Gasteiger partial charge in [0.05, 0.1) is 5.69 Å².